The number of hydrogen-bond acceptors (Lipinski definition) is 10. The molecule has 0 aromatic heterocycles. The van der Waals surface area contributed by atoms with Gasteiger partial charge in [0.2, 0.25) is 5.91 Å². The van der Waals surface area contributed by atoms with Gasteiger partial charge in [-0.05, 0) is 5.53 Å². The summed E-state index contributed by atoms with van der Waals surface area (Å²) in [7, 11) is 0. The molecule has 14 heteroatoms. The Balaban J connectivity index is 2.72. The first-order valence-electron chi connectivity index (χ1n) is 8.77. The van der Waals surface area contributed by atoms with Crippen molar-refractivity contribution in [2.24, 2.45) is 5.11 Å². The quantitative estimate of drug-likeness (QED) is 0.0730. The Morgan fingerprint density at radius 3 is 2.59 bits per heavy atom. The molecule has 0 spiro atoms. The van der Waals surface area contributed by atoms with Crippen LogP contribution in [0.15, 0.2) is 5.11 Å². The number of ether oxygens (including phenoxy) is 4. The largest absolute Gasteiger partial charge is 0.481 e. The van der Waals surface area contributed by atoms with Gasteiger partial charge in [-0.3, -0.25) is 9.59 Å². The predicted octanol–water partition coefficient (Wildman–Crippen LogP) is -1.91. The number of nitrogens with one attached hydrogen (secondary N) is 1. The summed E-state index contributed by atoms with van der Waals surface area (Å²) < 4.78 is 21.3. The molecule has 0 radical (unpaired) electrons. The maximum absolute atomic E-state index is 11.4. The summed E-state index contributed by atoms with van der Waals surface area (Å²) in [6, 6.07) is -1.23. The first kappa shape index (κ1) is 25.0. The van der Waals surface area contributed by atoms with E-state index in [0.717, 1.165) is 0 Å². The number of carbonyl (C=O) groups excluding carboxylic acids is 1. The van der Waals surface area contributed by atoms with Crippen LogP contribution in [-0.4, -0.2) is 102 Å². The van der Waals surface area contributed by atoms with Crippen LogP contribution in [0.5, 0.6) is 0 Å². The number of nitrogens with zero attached hydrogens (tertiary/aromatic N) is 3. The summed E-state index contributed by atoms with van der Waals surface area (Å²) in [5.41, 5.74) is 8.15. The Labute approximate surface area is 165 Å². The third kappa shape index (κ3) is 8.89. The third-order valence-corrected chi connectivity index (χ3v) is 3.81. The van der Waals surface area contributed by atoms with Gasteiger partial charge in [0.1, 0.15) is 24.4 Å². The van der Waals surface area contributed by atoms with Crippen LogP contribution in [0.25, 0.3) is 10.4 Å². The van der Waals surface area contributed by atoms with Gasteiger partial charge < -0.3 is 44.7 Å². The van der Waals surface area contributed by atoms with E-state index in [-0.39, 0.29) is 26.4 Å². The molecule has 1 amide bonds. The van der Waals surface area contributed by atoms with Crippen molar-refractivity contribution in [3.05, 3.63) is 10.4 Å². The lowest BCUT2D eigenvalue weighted by molar-refractivity contribution is -0.314. The fraction of sp³-hybridized carbons (Fsp3) is 0.867. The minimum absolute atomic E-state index is 0.0572. The molecule has 0 bridgehead atoms. The molecular formula is C15H26N4O10. The highest BCUT2D eigenvalue weighted by atomic mass is 16.8. The number of amides is 1. The standard InChI is InChI=1S/C15H26N4O10/c1-8(21)18-12-14(25)13(24)9(7-20)28-15(12)29-11(6-10(22)23)27-5-4-26-3-2-17-19-16/h9,11-15,20,24-25H,2-7H2,1H3,(H,18,21)(H,22,23)/t9-,11?,12-,13+,14-,15-/m1/s1. The lowest BCUT2D eigenvalue weighted by Gasteiger charge is -2.43. The maximum atomic E-state index is 11.4. The second-order valence-electron chi connectivity index (χ2n) is 6.03. The fourth-order valence-electron chi connectivity index (χ4n) is 2.52. The molecule has 1 unspecified atom stereocenters. The van der Waals surface area contributed by atoms with Crippen molar-refractivity contribution in [1.29, 1.82) is 0 Å². The second-order valence-corrected chi connectivity index (χ2v) is 6.03. The van der Waals surface area contributed by atoms with E-state index in [0.29, 0.717) is 0 Å². The maximum Gasteiger partial charge on any atom is 0.308 e. The van der Waals surface area contributed by atoms with Gasteiger partial charge in [-0.2, -0.15) is 0 Å². The van der Waals surface area contributed by atoms with E-state index in [4.69, 9.17) is 29.6 Å². The third-order valence-electron chi connectivity index (χ3n) is 3.81. The molecular weight excluding hydrogens is 396 g/mol. The van der Waals surface area contributed by atoms with E-state index in [1.807, 2.05) is 0 Å². The molecule has 29 heavy (non-hydrogen) atoms. The van der Waals surface area contributed by atoms with E-state index in [9.17, 15) is 24.9 Å². The number of carboxylic acids is 1. The fourth-order valence-corrected chi connectivity index (χ4v) is 2.52. The van der Waals surface area contributed by atoms with Gasteiger partial charge in [-0.15, -0.1) is 0 Å². The minimum atomic E-state index is -1.54. The van der Waals surface area contributed by atoms with E-state index >= 15 is 0 Å². The van der Waals surface area contributed by atoms with Crippen LogP contribution in [0.1, 0.15) is 13.3 Å². The van der Waals surface area contributed by atoms with Gasteiger partial charge in [0, 0.05) is 18.4 Å². The molecule has 14 nitrogen and oxygen atoms in total. The average Bonchev–Trinajstić information content (AvgIpc) is 2.65. The van der Waals surface area contributed by atoms with Gasteiger partial charge in [0.15, 0.2) is 12.6 Å². The normalized spacial score (nSPS) is 27.7. The topological polar surface area (TPSA) is 213 Å². The zero-order chi connectivity index (χ0) is 21.8. The van der Waals surface area contributed by atoms with Crippen molar-refractivity contribution in [2.75, 3.05) is 33.0 Å². The van der Waals surface area contributed by atoms with Crippen molar-refractivity contribution >= 4 is 11.9 Å². The van der Waals surface area contributed by atoms with Crippen LogP contribution in [-0.2, 0) is 28.5 Å². The van der Waals surface area contributed by atoms with Crippen molar-refractivity contribution in [3.63, 3.8) is 0 Å². The molecule has 0 aromatic rings. The lowest BCUT2D eigenvalue weighted by atomic mass is 9.97. The number of carboxylic acid groups (broad SMARTS) is 1. The lowest BCUT2D eigenvalue weighted by Crippen LogP contribution is -2.65. The molecule has 5 N–H and O–H groups in total. The SMILES string of the molecule is CC(=O)N[C@H]1[C@@H](OC(CC(=O)O)OCCOCCN=[N+]=[N-])O[C@H](CO)[C@H](O)[C@@H]1O. The first-order chi connectivity index (χ1) is 13.8. The Bertz CT molecular complexity index is 573. The smallest absolute Gasteiger partial charge is 0.308 e. The van der Waals surface area contributed by atoms with Crippen molar-refractivity contribution in [3.8, 4) is 0 Å². The summed E-state index contributed by atoms with van der Waals surface area (Å²) >= 11 is 0. The zero-order valence-electron chi connectivity index (χ0n) is 15.8. The summed E-state index contributed by atoms with van der Waals surface area (Å²) in [5, 5.41) is 44.2. The number of aliphatic hydroxyl groups excluding tert-OH is 3. The summed E-state index contributed by atoms with van der Waals surface area (Å²) in [4.78, 5) is 25.0. The summed E-state index contributed by atoms with van der Waals surface area (Å²) in [6.07, 6.45) is -7.58. The number of aliphatic carboxylic acids is 1. The Morgan fingerprint density at radius 1 is 1.28 bits per heavy atom. The highest BCUT2D eigenvalue weighted by Gasteiger charge is 2.46. The van der Waals surface area contributed by atoms with Crippen molar-refractivity contribution in [2.45, 2.75) is 50.3 Å². The molecule has 0 saturated carbocycles. The predicted molar refractivity (Wildman–Crippen MR) is 93.3 cm³/mol. The highest BCUT2D eigenvalue weighted by molar-refractivity contribution is 5.73. The van der Waals surface area contributed by atoms with Crippen LogP contribution >= 0.6 is 0 Å². The van der Waals surface area contributed by atoms with Crippen LogP contribution in [0.4, 0.5) is 0 Å². The Kier molecular flexibility index (Phi) is 11.4. The number of carbonyl (C=O) groups is 2. The monoisotopic (exact) mass is 422 g/mol. The molecule has 1 fully saturated rings. The summed E-state index contributed by atoms with van der Waals surface area (Å²) in [6.45, 7) is 0.794. The molecule has 1 aliphatic heterocycles. The van der Waals surface area contributed by atoms with Crippen LogP contribution in [0.2, 0.25) is 0 Å². The molecule has 0 aliphatic carbocycles. The molecule has 1 rings (SSSR count). The summed E-state index contributed by atoms with van der Waals surface area (Å²) in [5.74, 6) is -1.80. The Morgan fingerprint density at radius 2 is 2.00 bits per heavy atom. The zero-order valence-corrected chi connectivity index (χ0v) is 15.8. The van der Waals surface area contributed by atoms with Crippen LogP contribution < -0.4 is 5.32 Å². The van der Waals surface area contributed by atoms with Gasteiger partial charge in [-0.25, -0.2) is 0 Å². The molecule has 1 heterocycles. The van der Waals surface area contributed by atoms with Crippen LogP contribution in [0.3, 0.4) is 0 Å². The number of aliphatic hydroxyl groups is 3. The highest BCUT2D eigenvalue weighted by Crippen LogP contribution is 2.24. The van der Waals surface area contributed by atoms with Crippen molar-refractivity contribution < 1.29 is 49.0 Å². The number of rotatable bonds is 13. The van der Waals surface area contributed by atoms with Gasteiger partial charge in [0.05, 0.1) is 32.8 Å². The minimum Gasteiger partial charge on any atom is -0.481 e. The molecule has 6 atom stereocenters. The average molecular weight is 422 g/mol. The molecule has 1 aliphatic rings. The van der Waals surface area contributed by atoms with E-state index in [1.54, 1.807) is 0 Å². The van der Waals surface area contributed by atoms with Crippen molar-refractivity contribution in [1.82, 2.24) is 5.32 Å². The van der Waals surface area contributed by atoms with E-state index in [1.165, 1.54) is 6.92 Å². The number of azide groups is 1. The van der Waals surface area contributed by atoms with Gasteiger partial charge in [0.25, 0.3) is 0 Å². The van der Waals surface area contributed by atoms with Gasteiger partial charge >= 0.3 is 5.97 Å². The van der Waals surface area contributed by atoms with E-state index in [2.05, 4.69) is 15.3 Å². The first-order valence-corrected chi connectivity index (χ1v) is 8.77. The second kappa shape index (κ2) is 13.2. The number of hydrogen-bond donors (Lipinski definition) is 5. The molecule has 1 saturated heterocycles. The van der Waals surface area contributed by atoms with Crippen LogP contribution in [0, 0.1) is 0 Å². The van der Waals surface area contributed by atoms with Gasteiger partial charge in [-0.1, -0.05) is 5.11 Å². The molecule has 0 aromatic carbocycles. The molecule has 166 valence electrons. The Hall–Kier alpha value is -2.03. The van der Waals surface area contributed by atoms with E-state index < -0.39 is 61.8 Å².